The summed E-state index contributed by atoms with van der Waals surface area (Å²) in [6.07, 6.45) is 0. The van der Waals surface area contributed by atoms with Gasteiger partial charge < -0.3 is 4.57 Å². The Balaban J connectivity index is 1.55. The van der Waals surface area contributed by atoms with E-state index in [2.05, 4.69) is 167 Å². The summed E-state index contributed by atoms with van der Waals surface area (Å²) in [6.45, 7) is 13.2. The maximum Gasteiger partial charge on any atom is 0.0553 e. The molecule has 0 unspecified atom stereocenters. The van der Waals surface area contributed by atoms with Crippen LogP contribution in [0.1, 0.15) is 33.4 Å². The standard InChI is InChI=1S/C46H38ClN/c1-27-13-7-8-18-35(27)38-24-34(25-41(47)32(38)6)48-42-22-21-33(44-28(2)14-11-15-29(44)3)23-40(42)46-37-20-10-9-19-36(37)39(26-43(46)48)45-30(4)16-12-17-31(45)5/h7-26H,1-6H3. The molecule has 0 spiro atoms. The zero-order chi connectivity index (χ0) is 33.3. The zero-order valence-electron chi connectivity index (χ0n) is 28.4. The fraction of sp³-hybridized carbons (Fsp3) is 0.130. The first kappa shape index (κ1) is 30.2. The van der Waals surface area contributed by atoms with Crippen molar-refractivity contribution in [2.75, 3.05) is 0 Å². The minimum atomic E-state index is 0.767. The Hall–Kier alpha value is -5.11. The van der Waals surface area contributed by atoms with Gasteiger partial charge in [0.25, 0.3) is 0 Å². The number of hydrogen-bond acceptors (Lipinski definition) is 0. The Morgan fingerprint density at radius 3 is 1.73 bits per heavy atom. The van der Waals surface area contributed by atoms with Crippen molar-refractivity contribution in [3.63, 3.8) is 0 Å². The molecular weight excluding hydrogens is 602 g/mol. The third kappa shape index (κ3) is 4.68. The van der Waals surface area contributed by atoms with E-state index < -0.39 is 0 Å². The maximum atomic E-state index is 7.13. The number of aromatic nitrogens is 1. The van der Waals surface area contributed by atoms with Crippen molar-refractivity contribution in [1.29, 1.82) is 0 Å². The number of fused-ring (bicyclic) bond motifs is 5. The number of benzene rings is 7. The predicted octanol–water partition coefficient (Wildman–Crippen LogP) is 13.4. The highest BCUT2D eigenvalue weighted by Gasteiger charge is 2.22. The van der Waals surface area contributed by atoms with Gasteiger partial charge in [-0.05, 0) is 149 Å². The third-order valence-corrected chi connectivity index (χ3v) is 10.7. The van der Waals surface area contributed by atoms with Crippen LogP contribution >= 0.6 is 11.6 Å². The molecule has 0 radical (unpaired) electrons. The maximum absolute atomic E-state index is 7.13. The first-order chi connectivity index (χ1) is 23.2. The lowest BCUT2D eigenvalue weighted by atomic mass is 9.89. The van der Waals surface area contributed by atoms with E-state index in [0.717, 1.165) is 21.8 Å². The van der Waals surface area contributed by atoms with Crippen molar-refractivity contribution in [2.24, 2.45) is 0 Å². The van der Waals surface area contributed by atoms with Gasteiger partial charge in [0.15, 0.2) is 0 Å². The van der Waals surface area contributed by atoms with Crippen LogP contribution in [0.2, 0.25) is 5.02 Å². The second kappa shape index (κ2) is 11.5. The number of rotatable bonds is 4. The Morgan fingerprint density at radius 1 is 0.438 bits per heavy atom. The molecule has 2 heteroatoms. The van der Waals surface area contributed by atoms with Crippen molar-refractivity contribution in [2.45, 2.75) is 41.5 Å². The van der Waals surface area contributed by atoms with E-state index in [4.69, 9.17) is 11.6 Å². The molecule has 48 heavy (non-hydrogen) atoms. The van der Waals surface area contributed by atoms with Crippen LogP contribution in [0, 0.1) is 41.5 Å². The van der Waals surface area contributed by atoms with E-state index in [1.54, 1.807) is 0 Å². The number of hydrogen-bond donors (Lipinski definition) is 0. The van der Waals surface area contributed by atoms with Crippen LogP contribution in [0.25, 0.3) is 71.6 Å². The Kier molecular flexibility index (Phi) is 7.27. The number of halogens is 1. The first-order valence-corrected chi connectivity index (χ1v) is 17.1. The smallest absolute Gasteiger partial charge is 0.0553 e. The van der Waals surface area contributed by atoms with Gasteiger partial charge in [0.1, 0.15) is 0 Å². The lowest BCUT2D eigenvalue weighted by molar-refractivity contribution is 1.17. The molecule has 0 N–H and O–H groups in total. The normalized spacial score (nSPS) is 11.6. The van der Waals surface area contributed by atoms with Crippen LogP contribution in [0.3, 0.4) is 0 Å². The van der Waals surface area contributed by atoms with Gasteiger partial charge in [-0.3, -0.25) is 0 Å². The van der Waals surface area contributed by atoms with Crippen LogP contribution in [0.5, 0.6) is 0 Å². The summed E-state index contributed by atoms with van der Waals surface area (Å²) in [4.78, 5) is 0. The van der Waals surface area contributed by atoms with Gasteiger partial charge >= 0.3 is 0 Å². The monoisotopic (exact) mass is 639 g/mol. The summed E-state index contributed by atoms with van der Waals surface area (Å²) >= 11 is 7.13. The molecule has 0 fully saturated rings. The molecule has 0 amide bonds. The molecule has 1 nitrogen and oxygen atoms in total. The first-order valence-electron chi connectivity index (χ1n) is 16.7. The number of nitrogens with zero attached hydrogens (tertiary/aromatic N) is 1. The zero-order valence-corrected chi connectivity index (χ0v) is 29.1. The average molecular weight is 640 g/mol. The molecule has 1 heterocycles. The summed E-state index contributed by atoms with van der Waals surface area (Å²) < 4.78 is 2.44. The van der Waals surface area contributed by atoms with Crippen LogP contribution in [0.4, 0.5) is 0 Å². The lowest BCUT2D eigenvalue weighted by Gasteiger charge is -2.17. The Morgan fingerprint density at radius 2 is 1.04 bits per heavy atom. The highest BCUT2D eigenvalue weighted by molar-refractivity contribution is 6.32. The molecule has 8 rings (SSSR count). The minimum Gasteiger partial charge on any atom is -0.309 e. The van der Waals surface area contributed by atoms with Gasteiger partial charge in [0, 0.05) is 21.5 Å². The molecule has 0 saturated carbocycles. The second-order valence-corrected chi connectivity index (χ2v) is 13.8. The second-order valence-electron chi connectivity index (χ2n) is 13.4. The highest BCUT2D eigenvalue weighted by atomic mass is 35.5. The van der Waals surface area contributed by atoms with Crippen LogP contribution in [-0.2, 0) is 0 Å². The van der Waals surface area contributed by atoms with Gasteiger partial charge in [-0.15, -0.1) is 0 Å². The van der Waals surface area contributed by atoms with Crippen LogP contribution in [-0.4, -0.2) is 4.57 Å². The van der Waals surface area contributed by atoms with Gasteiger partial charge in [-0.25, -0.2) is 0 Å². The molecule has 0 saturated heterocycles. The molecule has 7 aromatic carbocycles. The average Bonchev–Trinajstić information content (AvgIpc) is 3.40. The quantitative estimate of drug-likeness (QED) is 0.180. The molecule has 0 aliphatic rings. The third-order valence-electron chi connectivity index (χ3n) is 10.3. The molecular formula is C46H38ClN. The molecule has 234 valence electrons. The molecule has 0 aliphatic carbocycles. The molecule has 0 aliphatic heterocycles. The van der Waals surface area contributed by atoms with Gasteiger partial charge in [0.2, 0.25) is 0 Å². The van der Waals surface area contributed by atoms with Crippen molar-refractivity contribution in [3.8, 4) is 39.1 Å². The SMILES string of the molecule is Cc1ccccc1-c1cc(-n2c3ccc(-c4c(C)cccc4C)cc3c3c4ccccc4c(-c4c(C)cccc4C)cc32)cc(Cl)c1C. The van der Waals surface area contributed by atoms with Crippen molar-refractivity contribution in [3.05, 3.63) is 160 Å². The van der Waals surface area contributed by atoms with Gasteiger partial charge in [-0.2, -0.15) is 0 Å². The Bertz CT molecular complexity index is 2540. The summed E-state index contributed by atoms with van der Waals surface area (Å²) in [7, 11) is 0. The molecule has 1 aromatic heterocycles. The van der Waals surface area contributed by atoms with E-state index in [1.807, 2.05) is 0 Å². The Labute approximate surface area is 288 Å². The van der Waals surface area contributed by atoms with Gasteiger partial charge in [-0.1, -0.05) is 103 Å². The van der Waals surface area contributed by atoms with Crippen LogP contribution in [0.15, 0.2) is 121 Å². The highest BCUT2D eigenvalue weighted by Crippen LogP contribution is 2.45. The molecule has 8 aromatic rings. The summed E-state index contributed by atoms with van der Waals surface area (Å²) in [5, 5.41) is 5.79. The minimum absolute atomic E-state index is 0.767. The van der Waals surface area contributed by atoms with Crippen LogP contribution < -0.4 is 0 Å². The van der Waals surface area contributed by atoms with E-state index in [0.29, 0.717) is 0 Å². The van der Waals surface area contributed by atoms with E-state index in [9.17, 15) is 0 Å². The summed E-state index contributed by atoms with van der Waals surface area (Å²) in [6, 6.07) is 44.6. The van der Waals surface area contributed by atoms with Crippen molar-refractivity contribution < 1.29 is 0 Å². The lowest BCUT2D eigenvalue weighted by Crippen LogP contribution is -1.98. The largest absolute Gasteiger partial charge is 0.309 e. The molecule has 0 atom stereocenters. The number of aryl methyl sites for hydroxylation is 5. The summed E-state index contributed by atoms with van der Waals surface area (Å²) in [5.41, 5.74) is 18.3. The van der Waals surface area contributed by atoms with E-state index in [-0.39, 0.29) is 0 Å². The summed E-state index contributed by atoms with van der Waals surface area (Å²) in [5.74, 6) is 0. The van der Waals surface area contributed by atoms with E-state index >= 15 is 0 Å². The van der Waals surface area contributed by atoms with Gasteiger partial charge in [0.05, 0.1) is 11.0 Å². The van der Waals surface area contributed by atoms with E-state index in [1.165, 1.54) is 88.2 Å². The van der Waals surface area contributed by atoms with Crippen molar-refractivity contribution >= 4 is 44.2 Å². The topological polar surface area (TPSA) is 4.93 Å². The predicted molar refractivity (Wildman–Crippen MR) is 208 cm³/mol. The fourth-order valence-electron chi connectivity index (χ4n) is 7.98. The fourth-order valence-corrected chi connectivity index (χ4v) is 8.19. The molecule has 0 bridgehead atoms. The van der Waals surface area contributed by atoms with Crippen molar-refractivity contribution in [1.82, 2.24) is 4.57 Å².